The second kappa shape index (κ2) is 7.53. The highest BCUT2D eigenvalue weighted by Crippen LogP contribution is 2.33. The number of Topliss-reactive ketones (excluding diaryl/α,β-unsaturated/α-hetero) is 2. The minimum Gasteiger partial charge on any atom is -0.480 e. The second-order valence-electron chi connectivity index (χ2n) is 7.08. The van der Waals surface area contributed by atoms with Crippen LogP contribution in [0.25, 0.3) is 0 Å². The zero-order valence-electron chi connectivity index (χ0n) is 13.6. The zero-order valence-corrected chi connectivity index (χ0v) is 13.6. The molecule has 6 nitrogen and oxygen atoms in total. The molecular formula is C17H28N2O4. The first-order valence-electron chi connectivity index (χ1n) is 8.75. The molecule has 23 heavy (non-hydrogen) atoms. The average Bonchev–Trinajstić information content (AvgIpc) is 2.60. The summed E-state index contributed by atoms with van der Waals surface area (Å²) in [6.45, 7) is 0. The molecule has 130 valence electrons. The number of nitrogens with two attached hydrogens (primary N) is 2. The smallest absolute Gasteiger partial charge is 0.323 e. The molecule has 0 saturated heterocycles. The Labute approximate surface area is 137 Å². The van der Waals surface area contributed by atoms with Crippen LogP contribution >= 0.6 is 0 Å². The minimum absolute atomic E-state index is 0.341. The van der Waals surface area contributed by atoms with Crippen LogP contribution in [0.15, 0.2) is 0 Å². The van der Waals surface area contributed by atoms with Crippen molar-refractivity contribution in [3.05, 3.63) is 0 Å². The molecule has 2 rings (SSSR count). The zero-order chi connectivity index (χ0) is 17.0. The molecule has 0 heterocycles. The molecule has 2 aliphatic carbocycles. The van der Waals surface area contributed by atoms with Crippen molar-refractivity contribution >= 4 is 17.5 Å². The number of carbonyl (C=O) groups is 3. The summed E-state index contributed by atoms with van der Waals surface area (Å²) in [5.41, 5.74) is 9.84. The average molecular weight is 324 g/mol. The normalized spacial score (nSPS) is 22.5. The molecule has 1 unspecified atom stereocenters. The quantitative estimate of drug-likeness (QED) is 0.634. The lowest BCUT2D eigenvalue weighted by Crippen LogP contribution is -2.71. The van der Waals surface area contributed by atoms with Gasteiger partial charge in [0.15, 0.2) is 17.1 Å². The van der Waals surface area contributed by atoms with Gasteiger partial charge in [0.05, 0.1) is 0 Å². The Morgan fingerprint density at radius 3 is 1.48 bits per heavy atom. The highest BCUT2D eigenvalue weighted by Gasteiger charge is 2.53. The van der Waals surface area contributed by atoms with E-state index in [9.17, 15) is 19.5 Å². The summed E-state index contributed by atoms with van der Waals surface area (Å²) in [6.07, 6.45) is 8.43. The summed E-state index contributed by atoms with van der Waals surface area (Å²) in [5.74, 6) is -2.98. The molecule has 2 fully saturated rings. The van der Waals surface area contributed by atoms with Gasteiger partial charge in [0, 0.05) is 11.8 Å². The fourth-order valence-corrected chi connectivity index (χ4v) is 4.03. The summed E-state index contributed by atoms with van der Waals surface area (Å²) in [7, 11) is 0. The number of hydrogen-bond acceptors (Lipinski definition) is 5. The van der Waals surface area contributed by atoms with Crippen LogP contribution in [0.2, 0.25) is 0 Å². The van der Waals surface area contributed by atoms with Crippen LogP contribution < -0.4 is 11.5 Å². The third kappa shape index (κ3) is 3.63. The molecule has 6 heteroatoms. The molecule has 0 spiro atoms. The first-order valence-corrected chi connectivity index (χ1v) is 8.75. The van der Waals surface area contributed by atoms with Crippen molar-refractivity contribution in [2.45, 2.75) is 75.8 Å². The van der Waals surface area contributed by atoms with Crippen LogP contribution in [-0.4, -0.2) is 34.2 Å². The van der Waals surface area contributed by atoms with E-state index in [0.717, 1.165) is 38.5 Å². The summed E-state index contributed by atoms with van der Waals surface area (Å²) in [4.78, 5) is 37.3. The number of carbonyl (C=O) groups excluding carboxylic acids is 2. The van der Waals surface area contributed by atoms with E-state index in [0.29, 0.717) is 25.7 Å². The van der Waals surface area contributed by atoms with Crippen molar-refractivity contribution in [3.63, 3.8) is 0 Å². The standard InChI is InChI=1S/C17H28N2O4/c18-13(16(22)23)17(19,14(20)11-7-3-1-4-8-11)15(21)12-9-5-2-6-10-12/h11-13H,1-10,18-19H2,(H,22,23). The maximum Gasteiger partial charge on any atom is 0.323 e. The lowest BCUT2D eigenvalue weighted by molar-refractivity contribution is -0.150. The third-order valence-corrected chi connectivity index (χ3v) is 5.52. The predicted molar refractivity (Wildman–Crippen MR) is 85.7 cm³/mol. The maximum atomic E-state index is 13.0. The van der Waals surface area contributed by atoms with Gasteiger partial charge >= 0.3 is 5.97 Å². The fraction of sp³-hybridized carbons (Fsp3) is 0.824. The topological polar surface area (TPSA) is 123 Å². The summed E-state index contributed by atoms with van der Waals surface area (Å²) in [5, 5.41) is 9.30. The van der Waals surface area contributed by atoms with Gasteiger partial charge in [0.25, 0.3) is 0 Å². The monoisotopic (exact) mass is 324 g/mol. The summed E-state index contributed by atoms with van der Waals surface area (Å²) in [6, 6.07) is -1.67. The van der Waals surface area contributed by atoms with Crippen LogP contribution in [0.5, 0.6) is 0 Å². The molecule has 2 saturated carbocycles. The molecule has 2 aliphatic rings. The van der Waals surface area contributed by atoms with Gasteiger partial charge < -0.3 is 16.6 Å². The van der Waals surface area contributed by atoms with E-state index in [-0.39, 0.29) is 11.8 Å². The van der Waals surface area contributed by atoms with E-state index in [1.165, 1.54) is 0 Å². The first kappa shape index (κ1) is 18.1. The molecule has 0 amide bonds. The van der Waals surface area contributed by atoms with Crippen LogP contribution in [0.4, 0.5) is 0 Å². The number of rotatable bonds is 6. The second-order valence-corrected chi connectivity index (χ2v) is 7.08. The molecule has 0 bridgehead atoms. The Bertz CT molecular complexity index is 435. The van der Waals surface area contributed by atoms with Crippen molar-refractivity contribution < 1.29 is 19.5 Å². The van der Waals surface area contributed by atoms with Crippen molar-refractivity contribution in [2.24, 2.45) is 23.3 Å². The van der Waals surface area contributed by atoms with Crippen molar-refractivity contribution in [3.8, 4) is 0 Å². The Hall–Kier alpha value is -1.27. The largest absolute Gasteiger partial charge is 0.480 e. The third-order valence-electron chi connectivity index (χ3n) is 5.52. The molecule has 1 atom stereocenters. The number of hydrogen-bond donors (Lipinski definition) is 3. The number of carboxylic acids is 1. The first-order chi connectivity index (χ1) is 10.9. The minimum atomic E-state index is -2.09. The summed E-state index contributed by atoms with van der Waals surface area (Å²) < 4.78 is 0. The maximum absolute atomic E-state index is 13.0. The van der Waals surface area contributed by atoms with Crippen LogP contribution in [0.1, 0.15) is 64.2 Å². The van der Waals surface area contributed by atoms with Crippen molar-refractivity contribution in [1.82, 2.24) is 0 Å². The fourth-order valence-electron chi connectivity index (χ4n) is 4.03. The van der Waals surface area contributed by atoms with E-state index in [2.05, 4.69) is 0 Å². The van der Waals surface area contributed by atoms with Crippen molar-refractivity contribution in [2.75, 3.05) is 0 Å². The SMILES string of the molecule is NC(C(=O)O)C(N)(C(=O)C1CCCCC1)C(=O)C1CCCCC1. The van der Waals surface area contributed by atoms with Crippen LogP contribution in [0.3, 0.4) is 0 Å². The van der Waals surface area contributed by atoms with Gasteiger partial charge in [0.1, 0.15) is 6.04 Å². The molecule has 0 aromatic carbocycles. The molecular weight excluding hydrogens is 296 g/mol. The van der Waals surface area contributed by atoms with Gasteiger partial charge in [0.2, 0.25) is 0 Å². The van der Waals surface area contributed by atoms with Gasteiger partial charge in [-0.1, -0.05) is 38.5 Å². The van der Waals surface area contributed by atoms with Crippen LogP contribution in [0, 0.1) is 11.8 Å². The van der Waals surface area contributed by atoms with Gasteiger partial charge in [-0.05, 0) is 25.7 Å². The van der Waals surface area contributed by atoms with E-state index >= 15 is 0 Å². The van der Waals surface area contributed by atoms with E-state index in [1.54, 1.807) is 0 Å². The van der Waals surface area contributed by atoms with Gasteiger partial charge in [-0.25, -0.2) is 0 Å². The predicted octanol–water partition coefficient (Wildman–Crippen LogP) is 1.39. The lowest BCUT2D eigenvalue weighted by Gasteiger charge is -2.37. The highest BCUT2D eigenvalue weighted by molar-refractivity contribution is 6.16. The van der Waals surface area contributed by atoms with Gasteiger partial charge in [-0.15, -0.1) is 0 Å². The van der Waals surface area contributed by atoms with E-state index < -0.39 is 29.1 Å². The highest BCUT2D eigenvalue weighted by atomic mass is 16.4. The molecule has 0 aromatic heterocycles. The van der Waals surface area contributed by atoms with E-state index in [4.69, 9.17) is 11.5 Å². The Morgan fingerprint density at radius 1 is 0.826 bits per heavy atom. The van der Waals surface area contributed by atoms with Gasteiger partial charge in [-0.3, -0.25) is 14.4 Å². The molecule has 5 N–H and O–H groups in total. The molecule has 0 aromatic rings. The summed E-state index contributed by atoms with van der Waals surface area (Å²) >= 11 is 0. The molecule has 0 radical (unpaired) electrons. The number of aliphatic carboxylic acids is 1. The van der Waals surface area contributed by atoms with Gasteiger partial charge in [-0.2, -0.15) is 0 Å². The van der Waals surface area contributed by atoms with E-state index in [1.807, 2.05) is 0 Å². The number of carboxylic acid groups (broad SMARTS) is 1. The van der Waals surface area contributed by atoms with Crippen LogP contribution in [-0.2, 0) is 14.4 Å². The van der Waals surface area contributed by atoms with Crippen molar-refractivity contribution in [1.29, 1.82) is 0 Å². The molecule has 0 aliphatic heterocycles. The number of ketones is 2. The Kier molecular flexibility index (Phi) is 5.92. The Morgan fingerprint density at radius 2 is 1.17 bits per heavy atom. The Balaban J connectivity index is 2.28. The lowest BCUT2D eigenvalue weighted by atomic mass is 9.68.